The SMILES string of the molecule is CC(=O)Nc1ccc(/C=C/C(=O)N(C)Cc2ccc(OC(F)(F)F)cc2)cc1. The second kappa shape index (κ2) is 9.07. The van der Waals surface area contributed by atoms with E-state index in [1.165, 1.54) is 42.2 Å². The Labute approximate surface area is 160 Å². The minimum absolute atomic E-state index is 0.168. The number of nitrogens with one attached hydrogen (secondary N) is 1. The first-order valence-corrected chi connectivity index (χ1v) is 8.28. The van der Waals surface area contributed by atoms with E-state index in [-0.39, 0.29) is 24.1 Å². The van der Waals surface area contributed by atoms with Gasteiger partial charge in [0.25, 0.3) is 0 Å². The summed E-state index contributed by atoms with van der Waals surface area (Å²) in [4.78, 5) is 24.6. The van der Waals surface area contributed by atoms with Gasteiger partial charge in [0.1, 0.15) is 5.75 Å². The fourth-order valence-electron chi connectivity index (χ4n) is 2.32. The van der Waals surface area contributed by atoms with Crippen LogP contribution >= 0.6 is 0 Å². The number of carbonyl (C=O) groups is 2. The first-order valence-electron chi connectivity index (χ1n) is 8.28. The summed E-state index contributed by atoms with van der Waals surface area (Å²) in [6, 6.07) is 12.3. The number of amides is 2. The van der Waals surface area contributed by atoms with Crippen LogP contribution in [0.3, 0.4) is 0 Å². The molecule has 0 spiro atoms. The zero-order chi connectivity index (χ0) is 20.7. The lowest BCUT2D eigenvalue weighted by Gasteiger charge is -2.16. The number of carbonyl (C=O) groups excluding carboxylic acids is 2. The molecule has 0 radical (unpaired) electrons. The molecule has 2 rings (SSSR count). The van der Waals surface area contributed by atoms with E-state index in [1.807, 2.05) is 0 Å². The molecule has 0 unspecified atom stereocenters. The maximum Gasteiger partial charge on any atom is 0.573 e. The van der Waals surface area contributed by atoms with Gasteiger partial charge in [-0.1, -0.05) is 24.3 Å². The van der Waals surface area contributed by atoms with Gasteiger partial charge in [-0.3, -0.25) is 9.59 Å². The molecule has 28 heavy (non-hydrogen) atoms. The van der Waals surface area contributed by atoms with Gasteiger partial charge in [-0.2, -0.15) is 0 Å². The molecule has 0 aliphatic heterocycles. The molecule has 0 aliphatic rings. The van der Waals surface area contributed by atoms with Crippen molar-refractivity contribution in [2.24, 2.45) is 0 Å². The molecule has 0 saturated carbocycles. The molecule has 0 saturated heterocycles. The number of hydrogen-bond donors (Lipinski definition) is 1. The van der Waals surface area contributed by atoms with Gasteiger partial charge in [-0.25, -0.2) is 0 Å². The Morgan fingerprint density at radius 2 is 1.68 bits per heavy atom. The summed E-state index contributed by atoms with van der Waals surface area (Å²) >= 11 is 0. The van der Waals surface area contributed by atoms with Crippen molar-refractivity contribution < 1.29 is 27.5 Å². The lowest BCUT2D eigenvalue weighted by atomic mass is 10.2. The normalized spacial score (nSPS) is 11.3. The fraction of sp³-hybridized carbons (Fsp3) is 0.200. The summed E-state index contributed by atoms with van der Waals surface area (Å²) in [6.07, 6.45) is -1.70. The number of halogens is 3. The Bertz CT molecular complexity index is 844. The van der Waals surface area contributed by atoms with Gasteiger partial charge in [0.05, 0.1) is 0 Å². The number of anilines is 1. The van der Waals surface area contributed by atoms with Gasteiger partial charge in [0.15, 0.2) is 0 Å². The predicted molar refractivity (Wildman–Crippen MR) is 99.4 cm³/mol. The molecule has 5 nitrogen and oxygen atoms in total. The van der Waals surface area contributed by atoms with Gasteiger partial charge in [0, 0.05) is 32.3 Å². The molecule has 0 fully saturated rings. The van der Waals surface area contributed by atoms with Crippen molar-refractivity contribution in [3.8, 4) is 5.75 Å². The molecule has 0 heterocycles. The molecular weight excluding hydrogens is 373 g/mol. The Balaban J connectivity index is 1.91. The number of rotatable bonds is 6. The van der Waals surface area contributed by atoms with Gasteiger partial charge in [-0.15, -0.1) is 13.2 Å². The van der Waals surface area contributed by atoms with Crippen molar-refractivity contribution in [1.82, 2.24) is 4.90 Å². The van der Waals surface area contributed by atoms with Crippen molar-refractivity contribution in [3.63, 3.8) is 0 Å². The topological polar surface area (TPSA) is 58.6 Å². The third-order valence-corrected chi connectivity index (χ3v) is 3.60. The van der Waals surface area contributed by atoms with E-state index in [9.17, 15) is 22.8 Å². The second-order valence-electron chi connectivity index (χ2n) is 6.02. The fourth-order valence-corrected chi connectivity index (χ4v) is 2.32. The quantitative estimate of drug-likeness (QED) is 0.749. The molecule has 1 N–H and O–H groups in total. The van der Waals surface area contributed by atoms with Crippen molar-refractivity contribution in [2.75, 3.05) is 12.4 Å². The highest BCUT2D eigenvalue weighted by molar-refractivity contribution is 5.92. The van der Waals surface area contributed by atoms with E-state index in [4.69, 9.17) is 0 Å². The van der Waals surface area contributed by atoms with Crippen LogP contribution in [0.5, 0.6) is 5.75 Å². The van der Waals surface area contributed by atoms with Crippen molar-refractivity contribution in [2.45, 2.75) is 19.8 Å². The predicted octanol–water partition coefficient (Wildman–Crippen LogP) is 4.22. The summed E-state index contributed by atoms with van der Waals surface area (Å²) in [5, 5.41) is 2.65. The van der Waals surface area contributed by atoms with E-state index in [1.54, 1.807) is 37.4 Å². The Kier molecular flexibility index (Phi) is 6.81. The zero-order valence-corrected chi connectivity index (χ0v) is 15.3. The van der Waals surface area contributed by atoms with Crippen LogP contribution in [-0.2, 0) is 16.1 Å². The molecular formula is C20H19F3N2O3. The highest BCUT2D eigenvalue weighted by atomic mass is 19.4. The number of ether oxygens (including phenoxy) is 1. The number of alkyl halides is 3. The third-order valence-electron chi connectivity index (χ3n) is 3.60. The molecule has 0 aromatic heterocycles. The van der Waals surface area contributed by atoms with Gasteiger partial charge >= 0.3 is 6.36 Å². The molecule has 0 aliphatic carbocycles. The maximum absolute atomic E-state index is 12.2. The summed E-state index contributed by atoms with van der Waals surface area (Å²) in [5.41, 5.74) is 2.11. The second-order valence-corrected chi connectivity index (χ2v) is 6.02. The highest BCUT2D eigenvalue weighted by Gasteiger charge is 2.30. The molecule has 148 valence electrons. The Morgan fingerprint density at radius 3 is 2.21 bits per heavy atom. The molecule has 8 heteroatoms. The van der Waals surface area contributed by atoms with Crippen LogP contribution < -0.4 is 10.1 Å². The van der Waals surface area contributed by atoms with E-state index in [0.29, 0.717) is 11.3 Å². The first-order chi connectivity index (χ1) is 13.1. The lowest BCUT2D eigenvalue weighted by molar-refractivity contribution is -0.274. The summed E-state index contributed by atoms with van der Waals surface area (Å²) in [5.74, 6) is -0.743. The van der Waals surface area contributed by atoms with E-state index >= 15 is 0 Å². The monoisotopic (exact) mass is 392 g/mol. The number of benzene rings is 2. The van der Waals surface area contributed by atoms with Gasteiger partial charge in [-0.05, 0) is 41.5 Å². The van der Waals surface area contributed by atoms with Crippen LogP contribution in [0.4, 0.5) is 18.9 Å². The van der Waals surface area contributed by atoms with Crippen LogP contribution in [0.25, 0.3) is 6.08 Å². The van der Waals surface area contributed by atoms with Crippen LogP contribution in [0.1, 0.15) is 18.1 Å². The molecule has 0 atom stereocenters. The first kappa shape index (κ1) is 21.0. The number of nitrogens with zero attached hydrogens (tertiary/aromatic N) is 1. The third kappa shape index (κ3) is 7.14. The minimum atomic E-state index is -4.74. The Hall–Kier alpha value is -3.29. The highest BCUT2D eigenvalue weighted by Crippen LogP contribution is 2.23. The molecule has 2 aromatic rings. The van der Waals surface area contributed by atoms with E-state index in [2.05, 4.69) is 10.1 Å². The molecule has 2 amide bonds. The van der Waals surface area contributed by atoms with Crippen LogP contribution in [0, 0.1) is 0 Å². The van der Waals surface area contributed by atoms with E-state index in [0.717, 1.165) is 5.56 Å². The summed E-state index contributed by atoms with van der Waals surface area (Å²) in [7, 11) is 1.59. The smallest absolute Gasteiger partial charge is 0.406 e. The standard InChI is InChI=1S/C20H19F3N2O3/c1-14(26)24-17-8-3-15(4-9-17)7-12-19(27)25(2)13-16-5-10-18(11-6-16)28-20(21,22)23/h3-12H,13H2,1-2H3,(H,24,26)/b12-7+. The number of likely N-dealkylation sites (N-methyl/N-ethyl adjacent to an activating group) is 1. The van der Waals surface area contributed by atoms with Crippen molar-refractivity contribution in [3.05, 3.63) is 65.7 Å². The average molecular weight is 392 g/mol. The minimum Gasteiger partial charge on any atom is -0.406 e. The largest absolute Gasteiger partial charge is 0.573 e. The lowest BCUT2D eigenvalue weighted by Crippen LogP contribution is -2.24. The average Bonchev–Trinajstić information content (AvgIpc) is 2.60. The van der Waals surface area contributed by atoms with Crippen LogP contribution in [0.15, 0.2) is 54.6 Å². The summed E-state index contributed by atoms with van der Waals surface area (Å²) in [6.45, 7) is 1.65. The van der Waals surface area contributed by atoms with Gasteiger partial charge in [0.2, 0.25) is 11.8 Å². The Morgan fingerprint density at radius 1 is 1.07 bits per heavy atom. The maximum atomic E-state index is 12.2. The van der Waals surface area contributed by atoms with Crippen molar-refractivity contribution in [1.29, 1.82) is 0 Å². The van der Waals surface area contributed by atoms with E-state index < -0.39 is 6.36 Å². The number of hydrogen-bond acceptors (Lipinski definition) is 3. The zero-order valence-electron chi connectivity index (χ0n) is 15.3. The van der Waals surface area contributed by atoms with Crippen LogP contribution in [0.2, 0.25) is 0 Å². The molecule has 0 bridgehead atoms. The summed E-state index contributed by atoms with van der Waals surface area (Å²) < 4.78 is 40.3. The van der Waals surface area contributed by atoms with Crippen LogP contribution in [-0.4, -0.2) is 30.1 Å². The van der Waals surface area contributed by atoms with Gasteiger partial charge < -0.3 is 15.0 Å². The molecule has 2 aromatic carbocycles. The van der Waals surface area contributed by atoms with Crippen molar-refractivity contribution >= 4 is 23.6 Å².